The smallest absolute Gasteiger partial charge is 0.338 e. The molecule has 3 fully saturated rings. The second kappa shape index (κ2) is 19.4. The summed E-state index contributed by atoms with van der Waals surface area (Å²) in [6.45, 7) is 14.4. The van der Waals surface area contributed by atoms with E-state index in [1.807, 2.05) is 49.5 Å². The van der Waals surface area contributed by atoms with Crippen molar-refractivity contribution in [2.75, 3.05) is 6.61 Å². The third-order valence-corrected chi connectivity index (χ3v) is 18.3. The lowest BCUT2D eigenvalue weighted by Crippen LogP contribution is -2.82. The molecule has 1 aliphatic heterocycles. The van der Waals surface area contributed by atoms with Crippen molar-refractivity contribution in [3.63, 3.8) is 0 Å². The monoisotopic (exact) mass is 985 g/mol. The van der Waals surface area contributed by atoms with E-state index in [2.05, 4.69) is 5.32 Å². The largest absolute Gasteiger partial charge is 0.457 e. The first kappa shape index (κ1) is 51.1. The SMILES string of the molecule is CC(=O)OC1C(=O)[C@@]2(C)C([C@H](OC(=O)c3ccccc3)[C@]3(O)C[C@H](OC(=O)[C@H](C)[C@@H](NC(=O)c4ccccc4)c4ccccc4)C(C)=C1C3(C)C)[C@]1(OC(C)=O)CO[C@@H]1C[C@@H]2O[Si](C)(C)c1ccccc1. The molecule has 2 saturated carbocycles. The predicted molar refractivity (Wildman–Crippen MR) is 263 cm³/mol. The predicted octanol–water partition coefficient (Wildman–Crippen LogP) is 7.15. The highest BCUT2D eigenvalue weighted by atomic mass is 28.4. The van der Waals surface area contributed by atoms with E-state index >= 15 is 4.79 Å². The van der Waals surface area contributed by atoms with E-state index in [-0.39, 0.29) is 24.2 Å². The van der Waals surface area contributed by atoms with Crippen molar-refractivity contribution < 1.29 is 62.0 Å². The first-order valence-electron chi connectivity index (χ1n) is 24.1. The number of ether oxygens (including phenoxy) is 5. The summed E-state index contributed by atoms with van der Waals surface area (Å²) < 4.78 is 39.3. The third kappa shape index (κ3) is 9.06. The highest BCUT2D eigenvalue weighted by Gasteiger charge is 2.79. The molecule has 374 valence electrons. The Morgan fingerprint density at radius 2 is 1.34 bits per heavy atom. The van der Waals surface area contributed by atoms with Gasteiger partial charge in [-0.3, -0.25) is 24.0 Å². The number of fused-ring (bicyclic) bond motifs is 5. The van der Waals surface area contributed by atoms with Crippen LogP contribution in [0.1, 0.15) is 93.6 Å². The number of ketones is 1. The molecule has 4 aromatic rings. The lowest BCUT2D eigenvalue weighted by molar-refractivity contribution is -0.344. The fourth-order valence-electron chi connectivity index (χ4n) is 11.8. The van der Waals surface area contributed by atoms with Crippen LogP contribution < -0.4 is 10.5 Å². The van der Waals surface area contributed by atoms with Gasteiger partial charge in [0.2, 0.25) is 8.32 Å². The maximum Gasteiger partial charge on any atom is 0.338 e. The van der Waals surface area contributed by atoms with E-state index in [0.29, 0.717) is 16.7 Å². The van der Waals surface area contributed by atoms with E-state index in [1.54, 1.807) is 120 Å². The van der Waals surface area contributed by atoms with Crippen LogP contribution in [-0.2, 0) is 47.3 Å². The van der Waals surface area contributed by atoms with Crippen LogP contribution in [0, 0.1) is 22.7 Å². The molecule has 14 nitrogen and oxygen atoms in total. The molecule has 2 N–H and O–H groups in total. The molecule has 1 heterocycles. The van der Waals surface area contributed by atoms with Gasteiger partial charge in [0.1, 0.15) is 23.9 Å². The first-order chi connectivity index (χ1) is 33.6. The molecule has 0 aromatic heterocycles. The lowest BCUT2D eigenvalue weighted by atomic mass is 9.44. The summed E-state index contributed by atoms with van der Waals surface area (Å²) in [6.07, 6.45) is -7.08. The first-order valence-corrected chi connectivity index (χ1v) is 27.0. The van der Waals surface area contributed by atoms with E-state index in [9.17, 15) is 29.1 Å². The van der Waals surface area contributed by atoms with Gasteiger partial charge in [-0.2, -0.15) is 0 Å². The highest BCUT2D eigenvalue weighted by molar-refractivity contribution is 6.84. The number of esters is 4. The van der Waals surface area contributed by atoms with Crippen molar-refractivity contribution in [1.82, 2.24) is 5.32 Å². The maximum absolute atomic E-state index is 16.4. The van der Waals surface area contributed by atoms with Gasteiger partial charge in [0.05, 0.1) is 41.6 Å². The number of carbonyl (C=O) groups excluding carboxylic acids is 6. The van der Waals surface area contributed by atoms with Crippen molar-refractivity contribution in [2.45, 2.75) is 122 Å². The zero-order chi connectivity index (χ0) is 51.3. The standard InChI is InChI=1S/C56H63NO13Si/c1-33-41(67-51(62)34(2)45(37-22-14-10-15-23-37)57-50(61)38-24-16-11-17-25-38)31-56(64)49(68-52(63)39-26-18-12-19-27-39)47-54(7,48(60)46(66-35(3)58)44(33)53(56,5)6)42(30-43-55(47,32-65-43)69-36(4)59)70-71(8,9)40-28-20-13-21-29-40/h10-29,34,41-43,45-47,49,64H,30-32H2,1-9H3,(H,57,61)/t34-,41+,42+,43-,45-,46?,47?,49+,54-,55+,56-/m1/s1. The average Bonchev–Trinajstić information content (AvgIpc) is 3.34. The van der Waals surface area contributed by atoms with Crippen molar-refractivity contribution in [1.29, 1.82) is 0 Å². The molecule has 3 aliphatic carbocycles. The summed E-state index contributed by atoms with van der Waals surface area (Å²) in [4.78, 5) is 86.6. The van der Waals surface area contributed by atoms with Crippen molar-refractivity contribution in [2.24, 2.45) is 22.7 Å². The summed E-state index contributed by atoms with van der Waals surface area (Å²) >= 11 is 0. The number of hydrogen-bond donors (Lipinski definition) is 2. The van der Waals surface area contributed by atoms with Gasteiger partial charge in [0.15, 0.2) is 17.5 Å². The van der Waals surface area contributed by atoms with Gasteiger partial charge in [-0.15, -0.1) is 0 Å². The molecule has 11 atom stereocenters. The molecule has 15 heteroatoms. The zero-order valence-corrected chi connectivity index (χ0v) is 42.6. The van der Waals surface area contributed by atoms with Crippen LogP contribution >= 0.6 is 0 Å². The fraction of sp³-hybridized carbons (Fsp3) is 0.429. The van der Waals surface area contributed by atoms with Gasteiger partial charge in [-0.25, -0.2) is 4.79 Å². The minimum Gasteiger partial charge on any atom is -0.457 e. The van der Waals surface area contributed by atoms with Crippen LogP contribution in [0.25, 0.3) is 0 Å². The van der Waals surface area contributed by atoms with Crippen LogP contribution in [0.2, 0.25) is 13.1 Å². The number of rotatable bonds is 13. The Labute approximate surface area is 415 Å². The molecule has 71 heavy (non-hydrogen) atoms. The summed E-state index contributed by atoms with van der Waals surface area (Å²) in [5.74, 6) is -6.68. The number of carbonyl (C=O) groups is 6. The van der Waals surface area contributed by atoms with Crippen LogP contribution in [0.4, 0.5) is 0 Å². The van der Waals surface area contributed by atoms with Crippen LogP contribution in [0.15, 0.2) is 132 Å². The number of aliphatic hydroxyl groups is 1. The highest BCUT2D eigenvalue weighted by Crippen LogP contribution is 2.65. The molecular weight excluding hydrogens is 923 g/mol. The van der Waals surface area contributed by atoms with Crippen LogP contribution in [-0.4, -0.2) is 97.3 Å². The van der Waals surface area contributed by atoms with Crippen molar-refractivity contribution in [3.05, 3.63) is 149 Å². The molecule has 2 unspecified atom stereocenters. The quantitative estimate of drug-likeness (QED) is 0.0595. The van der Waals surface area contributed by atoms with E-state index in [0.717, 1.165) is 5.19 Å². The number of nitrogens with one attached hydrogen (secondary N) is 1. The molecule has 4 aromatic carbocycles. The topological polar surface area (TPSA) is 190 Å². The molecular formula is C56H63NO13Si. The third-order valence-electron chi connectivity index (χ3n) is 15.7. The molecule has 1 saturated heterocycles. The lowest BCUT2D eigenvalue weighted by Gasteiger charge is -2.68. The Bertz CT molecular complexity index is 2710. The Balaban J connectivity index is 1.32. The molecule has 2 bridgehead atoms. The Hall–Kier alpha value is -6.26. The maximum atomic E-state index is 16.4. The van der Waals surface area contributed by atoms with Gasteiger partial charge in [-0.05, 0) is 80.0 Å². The Morgan fingerprint density at radius 3 is 1.89 bits per heavy atom. The number of amides is 1. The van der Waals surface area contributed by atoms with Crippen LogP contribution in [0.3, 0.4) is 0 Å². The summed E-state index contributed by atoms with van der Waals surface area (Å²) in [6, 6.07) is 34.4. The van der Waals surface area contributed by atoms with Crippen molar-refractivity contribution >= 4 is 49.1 Å². The molecule has 0 radical (unpaired) electrons. The minimum atomic E-state index is -2.98. The van der Waals surface area contributed by atoms with Gasteiger partial charge in [0.25, 0.3) is 5.91 Å². The Kier molecular flexibility index (Phi) is 14.0. The molecule has 8 rings (SSSR count). The second-order valence-corrected chi connectivity index (χ2v) is 24.5. The van der Waals surface area contributed by atoms with Gasteiger partial charge >= 0.3 is 23.9 Å². The van der Waals surface area contributed by atoms with Crippen molar-refractivity contribution in [3.8, 4) is 0 Å². The van der Waals surface area contributed by atoms with Gasteiger partial charge < -0.3 is 38.5 Å². The average molecular weight is 986 g/mol. The second-order valence-electron chi connectivity index (χ2n) is 20.7. The van der Waals surface area contributed by atoms with E-state index in [4.69, 9.17) is 28.1 Å². The molecule has 4 aliphatic rings. The zero-order valence-electron chi connectivity index (χ0n) is 41.6. The van der Waals surface area contributed by atoms with Crippen LogP contribution in [0.5, 0.6) is 0 Å². The fourth-order valence-corrected chi connectivity index (χ4v) is 14.0. The normalized spacial score (nSPS) is 29.5. The minimum absolute atomic E-state index is 0.0444. The van der Waals surface area contributed by atoms with Gasteiger partial charge in [-0.1, -0.05) is 111 Å². The Morgan fingerprint density at radius 1 is 0.775 bits per heavy atom. The number of Topliss-reactive ketones (excluding diaryl/α,β-unsaturated/α-hetero) is 1. The number of hydrogen-bond acceptors (Lipinski definition) is 13. The molecule has 0 spiro atoms. The van der Waals surface area contributed by atoms with E-state index in [1.165, 1.54) is 13.8 Å². The molecule has 1 amide bonds. The summed E-state index contributed by atoms with van der Waals surface area (Å²) in [5.41, 5.74) is -5.86. The number of benzene rings is 4. The summed E-state index contributed by atoms with van der Waals surface area (Å²) in [5, 5.41) is 18.1. The van der Waals surface area contributed by atoms with E-state index < -0.39 is 121 Å². The van der Waals surface area contributed by atoms with Gasteiger partial charge in [0, 0.05) is 37.7 Å². The summed E-state index contributed by atoms with van der Waals surface area (Å²) in [7, 11) is -2.98.